The number of carbonyl (C=O) groups is 1. The third kappa shape index (κ3) is 5.29. The molecule has 0 saturated heterocycles. The second-order valence-corrected chi connectivity index (χ2v) is 8.56. The van der Waals surface area contributed by atoms with E-state index in [1.807, 2.05) is 38.1 Å². The van der Waals surface area contributed by atoms with Crippen molar-refractivity contribution in [2.75, 3.05) is 6.54 Å². The van der Waals surface area contributed by atoms with E-state index in [1.165, 1.54) is 0 Å². The Balaban J connectivity index is 2.16. The maximum absolute atomic E-state index is 12.8. The van der Waals surface area contributed by atoms with Crippen LogP contribution in [0.3, 0.4) is 0 Å². The average Bonchev–Trinajstić information content (AvgIpc) is 2.62. The fraction of sp³-hybridized carbons (Fsp3) is 0.450. The molecule has 2 N–H and O–H groups in total. The molecular formula is C20H28N2O3S. The van der Waals surface area contributed by atoms with Gasteiger partial charge in [0.05, 0.1) is 4.90 Å². The normalized spacial score (nSPS) is 13.1. The Labute approximate surface area is 156 Å². The molecule has 142 valence electrons. The predicted octanol–water partition coefficient (Wildman–Crippen LogP) is 3.45. The van der Waals surface area contributed by atoms with Gasteiger partial charge in [0, 0.05) is 6.54 Å². The van der Waals surface area contributed by atoms with Gasteiger partial charge in [-0.2, -0.15) is 4.72 Å². The molecule has 0 aliphatic heterocycles. The van der Waals surface area contributed by atoms with Crippen LogP contribution in [0.4, 0.5) is 0 Å². The summed E-state index contributed by atoms with van der Waals surface area (Å²) < 4.78 is 28.1. The summed E-state index contributed by atoms with van der Waals surface area (Å²) in [5, 5.41) is 4.66. The monoisotopic (exact) mass is 376 g/mol. The van der Waals surface area contributed by atoms with Gasteiger partial charge in [-0.3, -0.25) is 4.79 Å². The number of hydrogen-bond donors (Lipinski definition) is 2. The molecule has 0 radical (unpaired) electrons. The molecule has 0 spiro atoms. The van der Waals surface area contributed by atoms with E-state index in [-0.39, 0.29) is 16.7 Å². The first kappa shape index (κ1) is 20.4. The van der Waals surface area contributed by atoms with E-state index in [9.17, 15) is 13.2 Å². The fourth-order valence-electron chi connectivity index (χ4n) is 2.76. The zero-order valence-electron chi connectivity index (χ0n) is 15.7. The maximum atomic E-state index is 12.8. The fourth-order valence-corrected chi connectivity index (χ4v) is 4.14. The molecule has 0 saturated carbocycles. The molecule has 0 aliphatic carbocycles. The minimum atomic E-state index is -3.79. The van der Waals surface area contributed by atoms with Crippen molar-refractivity contribution in [2.24, 2.45) is 5.92 Å². The van der Waals surface area contributed by atoms with E-state index in [0.29, 0.717) is 6.54 Å². The Hall–Kier alpha value is -1.92. The summed E-state index contributed by atoms with van der Waals surface area (Å²) in [7, 11) is -3.79. The lowest BCUT2D eigenvalue weighted by Crippen LogP contribution is -2.49. The number of carbonyl (C=O) groups excluding carboxylic acids is 1. The van der Waals surface area contributed by atoms with Gasteiger partial charge in [-0.1, -0.05) is 63.9 Å². The standard InChI is InChI=1S/C20H28N2O3S/c1-4-5-8-13-21-20(23)19(15(2)3)22-26(24,25)18-12-11-16-9-6-7-10-17(16)14-18/h6-7,9-12,14-15,19,22H,4-5,8,13H2,1-3H3,(H,21,23). The van der Waals surface area contributed by atoms with Crippen LogP contribution < -0.4 is 10.0 Å². The van der Waals surface area contributed by atoms with Crippen molar-refractivity contribution in [1.29, 1.82) is 0 Å². The summed E-state index contributed by atoms with van der Waals surface area (Å²) in [5.41, 5.74) is 0. The maximum Gasteiger partial charge on any atom is 0.241 e. The highest BCUT2D eigenvalue weighted by molar-refractivity contribution is 7.89. The lowest BCUT2D eigenvalue weighted by atomic mass is 10.1. The number of benzene rings is 2. The van der Waals surface area contributed by atoms with Gasteiger partial charge in [-0.25, -0.2) is 8.42 Å². The second kappa shape index (κ2) is 9.14. The molecule has 5 nitrogen and oxygen atoms in total. The van der Waals surface area contributed by atoms with Gasteiger partial charge >= 0.3 is 0 Å². The minimum absolute atomic E-state index is 0.156. The van der Waals surface area contributed by atoms with Crippen LogP contribution >= 0.6 is 0 Å². The Morgan fingerprint density at radius 1 is 1.04 bits per heavy atom. The van der Waals surface area contributed by atoms with Gasteiger partial charge in [0.1, 0.15) is 6.04 Å². The van der Waals surface area contributed by atoms with E-state index in [2.05, 4.69) is 17.0 Å². The van der Waals surface area contributed by atoms with Gasteiger partial charge in [0.15, 0.2) is 0 Å². The predicted molar refractivity (Wildman–Crippen MR) is 105 cm³/mol. The van der Waals surface area contributed by atoms with Crippen LogP contribution in [0.15, 0.2) is 47.4 Å². The average molecular weight is 377 g/mol. The molecule has 0 heterocycles. The number of amides is 1. The zero-order chi connectivity index (χ0) is 19.2. The lowest BCUT2D eigenvalue weighted by molar-refractivity contribution is -0.123. The van der Waals surface area contributed by atoms with Crippen LogP contribution in [0.1, 0.15) is 40.0 Å². The molecule has 1 amide bonds. The summed E-state index contributed by atoms with van der Waals surface area (Å²) in [5.74, 6) is -0.433. The smallest absolute Gasteiger partial charge is 0.241 e. The van der Waals surface area contributed by atoms with Crippen LogP contribution in [0.5, 0.6) is 0 Å². The highest BCUT2D eigenvalue weighted by atomic mass is 32.2. The summed E-state index contributed by atoms with van der Waals surface area (Å²) in [4.78, 5) is 12.6. The molecule has 2 aromatic rings. The SMILES string of the molecule is CCCCCNC(=O)C(NS(=O)(=O)c1ccc2ccccc2c1)C(C)C. The van der Waals surface area contributed by atoms with Crippen LogP contribution in [-0.2, 0) is 14.8 Å². The number of unbranched alkanes of at least 4 members (excludes halogenated alkanes) is 2. The van der Waals surface area contributed by atoms with Gasteiger partial charge in [-0.05, 0) is 35.2 Å². The van der Waals surface area contributed by atoms with Crippen molar-refractivity contribution in [3.63, 3.8) is 0 Å². The third-order valence-electron chi connectivity index (χ3n) is 4.34. The van der Waals surface area contributed by atoms with Crippen LogP contribution in [0, 0.1) is 5.92 Å². The highest BCUT2D eigenvalue weighted by Crippen LogP contribution is 2.19. The van der Waals surface area contributed by atoms with Crippen molar-refractivity contribution < 1.29 is 13.2 Å². The van der Waals surface area contributed by atoms with Gasteiger partial charge in [0.2, 0.25) is 15.9 Å². The number of fused-ring (bicyclic) bond motifs is 1. The molecule has 1 atom stereocenters. The van der Waals surface area contributed by atoms with Crippen molar-refractivity contribution in [1.82, 2.24) is 10.0 Å². The number of sulfonamides is 1. The van der Waals surface area contributed by atoms with E-state index in [0.717, 1.165) is 30.0 Å². The number of nitrogens with one attached hydrogen (secondary N) is 2. The first-order valence-corrected chi connectivity index (χ1v) is 10.6. The molecule has 1 unspecified atom stereocenters. The van der Waals surface area contributed by atoms with E-state index in [4.69, 9.17) is 0 Å². The Bertz CT molecular complexity index is 847. The number of hydrogen-bond acceptors (Lipinski definition) is 3. The van der Waals surface area contributed by atoms with Crippen molar-refractivity contribution >= 4 is 26.7 Å². The molecule has 0 fully saturated rings. The molecule has 2 aromatic carbocycles. The van der Waals surface area contributed by atoms with Gasteiger partial charge < -0.3 is 5.32 Å². The summed E-state index contributed by atoms with van der Waals surface area (Å²) in [6.07, 6.45) is 3.00. The van der Waals surface area contributed by atoms with E-state index >= 15 is 0 Å². The summed E-state index contributed by atoms with van der Waals surface area (Å²) >= 11 is 0. The number of rotatable bonds is 9. The largest absolute Gasteiger partial charge is 0.355 e. The Morgan fingerprint density at radius 2 is 1.73 bits per heavy atom. The third-order valence-corrected chi connectivity index (χ3v) is 5.78. The minimum Gasteiger partial charge on any atom is -0.355 e. The highest BCUT2D eigenvalue weighted by Gasteiger charge is 2.28. The van der Waals surface area contributed by atoms with Crippen LogP contribution in [0.2, 0.25) is 0 Å². The van der Waals surface area contributed by atoms with Gasteiger partial charge in [0.25, 0.3) is 0 Å². The molecule has 26 heavy (non-hydrogen) atoms. The van der Waals surface area contributed by atoms with Crippen molar-refractivity contribution in [3.8, 4) is 0 Å². The first-order valence-electron chi connectivity index (χ1n) is 9.14. The topological polar surface area (TPSA) is 75.3 Å². The molecule has 0 aromatic heterocycles. The van der Waals surface area contributed by atoms with Gasteiger partial charge in [-0.15, -0.1) is 0 Å². The summed E-state index contributed by atoms with van der Waals surface area (Å²) in [6.45, 7) is 6.32. The van der Waals surface area contributed by atoms with Crippen molar-refractivity contribution in [3.05, 3.63) is 42.5 Å². The second-order valence-electron chi connectivity index (χ2n) is 6.85. The first-order chi connectivity index (χ1) is 12.3. The Kier molecular flexibility index (Phi) is 7.17. The molecule has 0 bridgehead atoms. The lowest BCUT2D eigenvalue weighted by Gasteiger charge is -2.21. The van der Waals surface area contributed by atoms with Crippen molar-refractivity contribution in [2.45, 2.75) is 51.0 Å². The zero-order valence-corrected chi connectivity index (χ0v) is 16.5. The van der Waals surface area contributed by atoms with E-state index in [1.54, 1.807) is 18.2 Å². The molecule has 2 rings (SSSR count). The quantitative estimate of drug-likeness (QED) is 0.658. The molecular weight excluding hydrogens is 348 g/mol. The summed E-state index contributed by atoms with van der Waals surface area (Å²) in [6, 6.07) is 11.8. The van der Waals surface area contributed by atoms with E-state index < -0.39 is 16.1 Å². The van der Waals surface area contributed by atoms with Crippen LogP contribution in [-0.4, -0.2) is 26.9 Å². The van der Waals surface area contributed by atoms with Crippen LogP contribution in [0.25, 0.3) is 10.8 Å². The Morgan fingerprint density at radius 3 is 2.38 bits per heavy atom. The molecule has 6 heteroatoms. The molecule has 0 aliphatic rings.